The molecule has 4 aromatic rings. The lowest BCUT2D eigenvalue weighted by molar-refractivity contribution is -0.125. The molecule has 1 atom stereocenters. The van der Waals surface area contributed by atoms with Crippen molar-refractivity contribution < 1.29 is 23.5 Å². The molecule has 7 nitrogen and oxygen atoms in total. The maximum Gasteiger partial charge on any atom is 0.267 e. The van der Waals surface area contributed by atoms with E-state index >= 15 is 0 Å². The summed E-state index contributed by atoms with van der Waals surface area (Å²) >= 11 is 0. The molecule has 2 amide bonds. The van der Waals surface area contributed by atoms with Crippen LogP contribution in [0.3, 0.4) is 0 Å². The van der Waals surface area contributed by atoms with Gasteiger partial charge in [-0.25, -0.2) is 0 Å². The number of nitrogens with one attached hydrogen (secondary N) is 1. The number of carbonyl (C=O) groups excluding carboxylic acids is 2. The number of anilines is 2. The first-order chi connectivity index (χ1) is 15.5. The predicted molar refractivity (Wildman–Crippen MR) is 122 cm³/mol. The minimum Gasteiger partial charge on any atom is -0.495 e. The van der Waals surface area contributed by atoms with E-state index in [0.29, 0.717) is 28.5 Å². The van der Waals surface area contributed by atoms with Crippen molar-refractivity contribution >= 4 is 45.1 Å². The zero-order valence-corrected chi connectivity index (χ0v) is 17.8. The van der Waals surface area contributed by atoms with Crippen LogP contribution in [0.2, 0.25) is 0 Å². The normalized spacial score (nSPS) is 15.5. The van der Waals surface area contributed by atoms with Crippen molar-refractivity contribution in [3.8, 4) is 11.5 Å². The van der Waals surface area contributed by atoms with Crippen molar-refractivity contribution in [2.24, 2.45) is 0 Å². The lowest BCUT2D eigenvalue weighted by Crippen LogP contribution is -2.45. The number of methoxy groups -OCH3 is 1. The van der Waals surface area contributed by atoms with E-state index in [-0.39, 0.29) is 24.8 Å². The first kappa shape index (κ1) is 19.9. The third-order valence-electron chi connectivity index (χ3n) is 5.61. The number of fused-ring (bicyclic) bond motifs is 4. The number of hydrogen-bond acceptors (Lipinski definition) is 5. The molecule has 2 heterocycles. The molecule has 5 rings (SSSR count). The number of rotatable bonds is 5. The van der Waals surface area contributed by atoms with Crippen LogP contribution in [0.5, 0.6) is 11.5 Å². The summed E-state index contributed by atoms with van der Waals surface area (Å²) < 4.78 is 17.1. The monoisotopic (exact) mass is 430 g/mol. The number of carbonyl (C=O) groups is 2. The van der Waals surface area contributed by atoms with E-state index < -0.39 is 6.10 Å². The van der Waals surface area contributed by atoms with Crippen molar-refractivity contribution in [2.75, 3.05) is 23.9 Å². The van der Waals surface area contributed by atoms with Crippen LogP contribution in [0.15, 0.2) is 65.1 Å². The maximum atomic E-state index is 12.8. The van der Waals surface area contributed by atoms with Crippen LogP contribution in [0, 0.1) is 0 Å². The molecule has 3 aromatic carbocycles. The third kappa shape index (κ3) is 3.41. The lowest BCUT2D eigenvalue weighted by Gasteiger charge is -2.32. The van der Waals surface area contributed by atoms with Gasteiger partial charge in [-0.1, -0.05) is 30.3 Å². The number of nitrogens with zero attached hydrogens (tertiary/aromatic N) is 1. The maximum absolute atomic E-state index is 12.8. The fraction of sp³-hybridized carbons (Fsp3) is 0.200. The highest BCUT2D eigenvalue weighted by molar-refractivity contribution is 6.08. The molecule has 1 N–H and O–H groups in total. The molecule has 0 unspecified atom stereocenters. The van der Waals surface area contributed by atoms with Crippen LogP contribution in [0.25, 0.3) is 21.9 Å². The van der Waals surface area contributed by atoms with Gasteiger partial charge in [0.25, 0.3) is 5.91 Å². The largest absolute Gasteiger partial charge is 0.495 e. The first-order valence-electron chi connectivity index (χ1n) is 10.4. The molecule has 1 aliphatic heterocycles. The number of para-hydroxylation sites is 3. The van der Waals surface area contributed by atoms with E-state index in [1.165, 1.54) is 0 Å². The van der Waals surface area contributed by atoms with Gasteiger partial charge in [0.2, 0.25) is 5.91 Å². The Morgan fingerprint density at radius 3 is 2.69 bits per heavy atom. The SMILES string of the molecule is COc1cc2c(cc1NC(=O)CCN1C(=O)[C@@H](C)Oc3ccccc31)oc1ccccc12. The lowest BCUT2D eigenvalue weighted by atomic mass is 10.1. The van der Waals surface area contributed by atoms with E-state index in [2.05, 4.69) is 5.32 Å². The van der Waals surface area contributed by atoms with E-state index in [9.17, 15) is 9.59 Å². The van der Waals surface area contributed by atoms with Crippen molar-refractivity contribution in [3.63, 3.8) is 0 Å². The minimum absolute atomic E-state index is 0.119. The summed E-state index contributed by atoms with van der Waals surface area (Å²) in [7, 11) is 1.56. The molecule has 0 spiro atoms. The van der Waals surface area contributed by atoms with E-state index in [1.807, 2.05) is 54.6 Å². The van der Waals surface area contributed by atoms with Crippen LogP contribution in [0.1, 0.15) is 13.3 Å². The van der Waals surface area contributed by atoms with E-state index in [4.69, 9.17) is 13.9 Å². The summed E-state index contributed by atoms with van der Waals surface area (Å²) in [5.41, 5.74) is 2.62. The predicted octanol–water partition coefficient (Wildman–Crippen LogP) is 4.74. The molecule has 1 aliphatic rings. The highest BCUT2D eigenvalue weighted by Crippen LogP contribution is 2.37. The van der Waals surface area contributed by atoms with Crippen molar-refractivity contribution in [2.45, 2.75) is 19.4 Å². The van der Waals surface area contributed by atoms with Gasteiger partial charge < -0.3 is 24.1 Å². The summed E-state index contributed by atoms with van der Waals surface area (Å²) in [5, 5.41) is 4.79. The minimum atomic E-state index is -0.594. The van der Waals surface area contributed by atoms with Crippen LogP contribution in [-0.2, 0) is 9.59 Å². The number of furan rings is 1. The number of hydrogen-bond donors (Lipinski definition) is 1. The topological polar surface area (TPSA) is 81.0 Å². The molecule has 7 heteroatoms. The standard InChI is InChI=1S/C25H22N2O5/c1-15-25(29)27(19-8-4-6-10-21(19)31-15)12-11-24(28)26-18-14-22-17(13-23(18)30-2)16-7-3-5-9-20(16)32-22/h3-10,13-15H,11-12H2,1-2H3,(H,26,28)/t15-/m1/s1. The van der Waals surface area contributed by atoms with Crippen LogP contribution in [-0.4, -0.2) is 31.6 Å². The second kappa shape index (κ2) is 7.92. The molecule has 0 aliphatic carbocycles. The summed E-state index contributed by atoms with van der Waals surface area (Å²) in [6.45, 7) is 1.95. The molecule has 32 heavy (non-hydrogen) atoms. The van der Waals surface area contributed by atoms with Gasteiger partial charge in [-0.05, 0) is 31.2 Å². The number of benzene rings is 3. The summed E-state index contributed by atoms with van der Waals surface area (Å²) in [6.07, 6.45) is -0.475. The second-order valence-electron chi connectivity index (χ2n) is 7.66. The van der Waals surface area contributed by atoms with Crippen LogP contribution in [0.4, 0.5) is 11.4 Å². The number of amides is 2. The quantitative estimate of drug-likeness (QED) is 0.495. The van der Waals surface area contributed by atoms with Gasteiger partial charge in [0, 0.05) is 29.8 Å². The van der Waals surface area contributed by atoms with Gasteiger partial charge in [0.1, 0.15) is 22.7 Å². The van der Waals surface area contributed by atoms with E-state index in [0.717, 1.165) is 16.4 Å². The van der Waals surface area contributed by atoms with Gasteiger partial charge >= 0.3 is 0 Å². The number of ether oxygens (including phenoxy) is 2. The van der Waals surface area contributed by atoms with Gasteiger partial charge in [-0.15, -0.1) is 0 Å². The van der Waals surface area contributed by atoms with Crippen LogP contribution >= 0.6 is 0 Å². The Labute approximate surface area is 184 Å². The Morgan fingerprint density at radius 2 is 1.84 bits per heavy atom. The van der Waals surface area contributed by atoms with Crippen molar-refractivity contribution in [3.05, 3.63) is 60.7 Å². The highest BCUT2D eigenvalue weighted by atomic mass is 16.5. The molecule has 0 saturated heterocycles. The van der Waals surface area contributed by atoms with Crippen LogP contribution < -0.4 is 19.7 Å². The fourth-order valence-corrected chi connectivity index (χ4v) is 4.03. The Morgan fingerprint density at radius 1 is 1.06 bits per heavy atom. The molecule has 0 fully saturated rings. The summed E-state index contributed by atoms with van der Waals surface area (Å²) in [6, 6.07) is 18.7. The summed E-state index contributed by atoms with van der Waals surface area (Å²) in [4.78, 5) is 27.0. The Kier molecular flexibility index (Phi) is 4.93. The van der Waals surface area contributed by atoms with E-state index in [1.54, 1.807) is 25.0 Å². The smallest absolute Gasteiger partial charge is 0.267 e. The first-order valence-corrected chi connectivity index (χ1v) is 10.4. The van der Waals surface area contributed by atoms with Gasteiger partial charge in [-0.3, -0.25) is 9.59 Å². The fourth-order valence-electron chi connectivity index (χ4n) is 4.03. The van der Waals surface area contributed by atoms with Crippen molar-refractivity contribution in [1.29, 1.82) is 0 Å². The average Bonchev–Trinajstić information content (AvgIpc) is 3.16. The molecule has 0 bridgehead atoms. The highest BCUT2D eigenvalue weighted by Gasteiger charge is 2.31. The van der Waals surface area contributed by atoms with Gasteiger partial charge in [-0.2, -0.15) is 0 Å². The zero-order chi connectivity index (χ0) is 22.2. The Bertz CT molecular complexity index is 1340. The second-order valence-corrected chi connectivity index (χ2v) is 7.66. The average molecular weight is 430 g/mol. The molecule has 0 saturated carbocycles. The summed E-state index contributed by atoms with van der Waals surface area (Å²) in [5.74, 6) is 0.775. The zero-order valence-electron chi connectivity index (χ0n) is 17.8. The molecular weight excluding hydrogens is 408 g/mol. The Balaban J connectivity index is 1.36. The molecule has 1 aromatic heterocycles. The van der Waals surface area contributed by atoms with Gasteiger partial charge in [0.15, 0.2) is 6.10 Å². The molecule has 162 valence electrons. The molecular formula is C25H22N2O5. The molecule has 0 radical (unpaired) electrons. The van der Waals surface area contributed by atoms with Gasteiger partial charge in [0.05, 0.1) is 18.5 Å². The third-order valence-corrected chi connectivity index (χ3v) is 5.61. The van der Waals surface area contributed by atoms with Crippen molar-refractivity contribution in [1.82, 2.24) is 0 Å². The Hall–Kier alpha value is -4.00.